The van der Waals surface area contributed by atoms with Gasteiger partial charge in [-0.25, -0.2) is 4.98 Å². The Kier molecular flexibility index (Phi) is 8.04. The number of aromatic nitrogens is 1. The lowest BCUT2D eigenvalue weighted by molar-refractivity contribution is -0.123. The van der Waals surface area contributed by atoms with Gasteiger partial charge in [0.25, 0.3) is 5.91 Å². The Labute approximate surface area is 185 Å². The summed E-state index contributed by atoms with van der Waals surface area (Å²) in [6.45, 7) is 8.49. The monoisotopic (exact) mass is 422 g/mol. The molecule has 1 aromatic heterocycles. The Balaban J connectivity index is 1.58. The molecule has 1 fully saturated rings. The van der Waals surface area contributed by atoms with Crippen LogP contribution in [-0.4, -0.2) is 35.9 Å². The highest BCUT2D eigenvalue weighted by Crippen LogP contribution is 2.17. The van der Waals surface area contributed by atoms with Crippen molar-refractivity contribution in [1.29, 1.82) is 0 Å². The first-order valence-electron chi connectivity index (χ1n) is 11.3. The number of rotatable bonds is 8. The Hall–Kier alpha value is -2.89. The highest BCUT2D eigenvalue weighted by Gasteiger charge is 2.23. The van der Waals surface area contributed by atoms with Crippen molar-refractivity contribution in [2.45, 2.75) is 59.0 Å². The fraction of sp³-hybridized carbons (Fsp3) is 0.480. The van der Waals surface area contributed by atoms with E-state index < -0.39 is 6.04 Å². The van der Waals surface area contributed by atoms with Crippen LogP contribution in [0.5, 0.6) is 0 Å². The molecular formula is C25H34N4O2. The summed E-state index contributed by atoms with van der Waals surface area (Å²) in [5, 5.41) is 5.89. The van der Waals surface area contributed by atoms with Crippen LogP contribution in [0.1, 0.15) is 61.0 Å². The maximum absolute atomic E-state index is 12.9. The number of aryl methyl sites for hydroxylation is 1. The van der Waals surface area contributed by atoms with Gasteiger partial charge in [-0.05, 0) is 61.8 Å². The first-order valence-corrected chi connectivity index (χ1v) is 11.3. The van der Waals surface area contributed by atoms with Crippen molar-refractivity contribution in [2.24, 2.45) is 5.92 Å². The van der Waals surface area contributed by atoms with Crippen molar-refractivity contribution in [3.05, 3.63) is 59.3 Å². The zero-order valence-corrected chi connectivity index (χ0v) is 18.9. The summed E-state index contributed by atoms with van der Waals surface area (Å²) in [6, 6.07) is 10.9. The van der Waals surface area contributed by atoms with Crippen LogP contribution in [0.2, 0.25) is 0 Å². The van der Waals surface area contributed by atoms with E-state index in [1.54, 1.807) is 6.07 Å². The quantitative estimate of drug-likeness (QED) is 0.678. The summed E-state index contributed by atoms with van der Waals surface area (Å²) in [5.41, 5.74) is 2.44. The van der Waals surface area contributed by atoms with Crippen LogP contribution in [0.25, 0.3) is 0 Å². The van der Waals surface area contributed by atoms with Gasteiger partial charge in [0.15, 0.2) is 0 Å². The fourth-order valence-corrected chi connectivity index (χ4v) is 3.91. The molecular weight excluding hydrogens is 388 g/mol. The molecule has 0 aliphatic carbocycles. The molecule has 6 nitrogen and oxygen atoms in total. The molecule has 6 heteroatoms. The highest BCUT2D eigenvalue weighted by atomic mass is 16.2. The third-order valence-corrected chi connectivity index (χ3v) is 5.67. The van der Waals surface area contributed by atoms with Gasteiger partial charge < -0.3 is 15.5 Å². The van der Waals surface area contributed by atoms with Gasteiger partial charge in [0, 0.05) is 31.4 Å². The van der Waals surface area contributed by atoms with Crippen molar-refractivity contribution in [2.75, 3.05) is 18.0 Å². The lowest BCUT2D eigenvalue weighted by Gasteiger charge is -2.27. The lowest BCUT2D eigenvalue weighted by atomic mass is 10.0. The number of nitrogens with zero attached hydrogens (tertiary/aromatic N) is 2. The van der Waals surface area contributed by atoms with E-state index in [-0.39, 0.29) is 17.7 Å². The molecule has 2 heterocycles. The topological polar surface area (TPSA) is 74.3 Å². The van der Waals surface area contributed by atoms with Gasteiger partial charge in [0.1, 0.15) is 11.9 Å². The molecule has 1 unspecified atom stereocenters. The Morgan fingerprint density at radius 1 is 1.06 bits per heavy atom. The van der Waals surface area contributed by atoms with E-state index in [9.17, 15) is 9.59 Å². The van der Waals surface area contributed by atoms with E-state index in [1.165, 1.54) is 19.3 Å². The summed E-state index contributed by atoms with van der Waals surface area (Å²) in [5.74, 6) is 0.888. The minimum Gasteiger partial charge on any atom is -0.357 e. The normalized spacial score (nSPS) is 14.9. The van der Waals surface area contributed by atoms with Crippen LogP contribution in [0.4, 0.5) is 5.82 Å². The van der Waals surface area contributed by atoms with Gasteiger partial charge in [-0.3, -0.25) is 9.59 Å². The molecule has 0 saturated carbocycles. The maximum atomic E-state index is 12.9. The van der Waals surface area contributed by atoms with E-state index in [0.717, 1.165) is 30.0 Å². The fourth-order valence-electron chi connectivity index (χ4n) is 3.91. The number of piperidine rings is 1. The predicted molar refractivity (Wildman–Crippen MR) is 124 cm³/mol. The number of amides is 2. The molecule has 1 atom stereocenters. The summed E-state index contributed by atoms with van der Waals surface area (Å²) in [6.07, 6.45) is 6.12. The summed E-state index contributed by atoms with van der Waals surface area (Å²) in [7, 11) is 0. The zero-order chi connectivity index (χ0) is 22.2. The molecule has 31 heavy (non-hydrogen) atoms. The van der Waals surface area contributed by atoms with Crippen LogP contribution in [0.15, 0.2) is 42.6 Å². The molecule has 0 bridgehead atoms. The van der Waals surface area contributed by atoms with Gasteiger partial charge in [-0.15, -0.1) is 0 Å². The van der Waals surface area contributed by atoms with Gasteiger partial charge in [-0.2, -0.15) is 0 Å². The number of anilines is 1. The SMILES string of the molecule is Cc1ccccc1C(=O)NC(CC(C)C)C(=O)NCc1ccc(N2CCCCC2)nc1. The van der Waals surface area contributed by atoms with Crippen molar-refractivity contribution < 1.29 is 9.59 Å². The zero-order valence-electron chi connectivity index (χ0n) is 18.9. The number of hydrogen-bond acceptors (Lipinski definition) is 4. The van der Waals surface area contributed by atoms with Crippen LogP contribution >= 0.6 is 0 Å². The highest BCUT2D eigenvalue weighted by molar-refractivity contribution is 5.98. The lowest BCUT2D eigenvalue weighted by Crippen LogP contribution is -2.47. The average molecular weight is 423 g/mol. The minimum atomic E-state index is -0.576. The second-order valence-electron chi connectivity index (χ2n) is 8.76. The van der Waals surface area contributed by atoms with Crippen LogP contribution in [0.3, 0.4) is 0 Å². The number of benzene rings is 1. The Morgan fingerprint density at radius 2 is 1.81 bits per heavy atom. The maximum Gasteiger partial charge on any atom is 0.252 e. The van der Waals surface area contributed by atoms with E-state index >= 15 is 0 Å². The van der Waals surface area contributed by atoms with E-state index in [2.05, 4.69) is 20.5 Å². The second kappa shape index (κ2) is 10.9. The summed E-state index contributed by atoms with van der Waals surface area (Å²) in [4.78, 5) is 32.5. The Morgan fingerprint density at radius 3 is 2.45 bits per heavy atom. The molecule has 166 valence electrons. The molecule has 0 radical (unpaired) electrons. The van der Waals surface area contributed by atoms with Gasteiger partial charge in [0.2, 0.25) is 5.91 Å². The largest absolute Gasteiger partial charge is 0.357 e. The van der Waals surface area contributed by atoms with E-state index in [1.807, 2.05) is 57.3 Å². The number of carbonyl (C=O) groups excluding carboxylic acids is 2. The van der Waals surface area contributed by atoms with Crippen molar-refractivity contribution in [3.63, 3.8) is 0 Å². The third kappa shape index (κ3) is 6.54. The summed E-state index contributed by atoms with van der Waals surface area (Å²) < 4.78 is 0. The van der Waals surface area contributed by atoms with Gasteiger partial charge in [-0.1, -0.05) is 38.1 Å². The molecule has 2 aromatic rings. The predicted octanol–water partition coefficient (Wildman–Crippen LogP) is 3.84. The average Bonchev–Trinajstić information content (AvgIpc) is 2.78. The molecule has 2 N–H and O–H groups in total. The van der Waals surface area contributed by atoms with Crippen molar-refractivity contribution in [3.8, 4) is 0 Å². The van der Waals surface area contributed by atoms with E-state index in [4.69, 9.17) is 0 Å². The molecule has 1 saturated heterocycles. The van der Waals surface area contributed by atoms with Crippen LogP contribution in [0, 0.1) is 12.8 Å². The molecule has 0 spiro atoms. The minimum absolute atomic E-state index is 0.171. The molecule has 1 aliphatic rings. The standard InChI is InChI=1S/C25H34N4O2/c1-18(2)15-22(28-24(30)21-10-6-5-9-19(21)3)25(31)27-17-20-11-12-23(26-16-20)29-13-7-4-8-14-29/h5-6,9-12,16,18,22H,4,7-8,13-15,17H2,1-3H3,(H,27,31)(H,28,30). The molecule has 2 amide bonds. The second-order valence-corrected chi connectivity index (χ2v) is 8.76. The number of pyridine rings is 1. The third-order valence-electron chi connectivity index (χ3n) is 5.67. The van der Waals surface area contributed by atoms with Gasteiger partial charge in [0.05, 0.1) is 0 Å². The van der Waals surface area contributed by atoms with Crippen molar-refractivity contribution in [1.82, 2.24) is 15.6 Å². The number of nitrogens with one attached hydrogen (secondary N) is 2. The first kappa shape index (κ1) is 22.8. The molecule has 1 aromatic carbocycles. The van der Waals surface area contributed by atoms with Crippen molar-refractivity contribution >= 4 is 17.6 Å². The first-order chi connectivity index (χ1) is 14.9. The van der Waals surface area contributed by atoms with Crippen LogP contribution < -0.4 is 15.5 Å². The molecule has 3 rings (SSSR count). The smallest absolute Gasteiger partial charge is 0.252 e. The summed E-state index contributed by atoms with van der Waals surface area (Å²) >= 11 is 0. The number of hydrogen-bond donors (Lipinski definition) is 2. The number of carbonyl (C=O) groups is 2. The van der Waals surface area contributed by atoms with E-state index in [0.29, 0.717) is 18.5 Å². The molecule has 1 aliphatic heterocycles. The van der Waals surface area contributed by atoms with Crippen LogP contribution in [-0.2, 0) is 11.3 Å². The van der Waals surface area contributed by atoms with Gasteiger partial charge >= 0.3 is 0 Å². The Bertz CT molecular complexity index is 873.